The first-order chi connectivity index (χ1) is 14.1. The fourth-order valence-electron chi connectivity index (χ4n) is 3.68. The zero-order valence-electron chi connectivity index (χ0n) is 16.4. The first-order valence-electron chi connectivity index (χ1n) is 9.83. The maximum atomic E-state index is 13.5. The molecule has 1 atom stereocenters. The van der Waals surface area contributed by atoms with Gasteiger partial charge in [0.1, 0.15) is 23.6 Å². The van der Waals surface area contributed by atoms with E-state index in [1.165, 1.54) is 0 Å². The van der Waals surface area contributed by atoms with E-state index in [1.807, 2.05) is 36.4 Å². The van der Waals surface area contributed by atoms with Crippen molar-refractivity contribution in [2.45, 2.75) is 25.8 Å². The molecule has 2 heterocycles. The Bertz CT molecular complexity index is 1090. The third-order valence-corrected chi connectivity index (χ3v) is 5.10. The maximum absolute atomic E-state index is 13.5. The third-order valence-electron chi connectivity index (χ3n) is 5.10. The van der Waals surface area contributed by atoms with Gasteiger partial charge in [0.25, 0.3) is 5.56 Å². The van der Waals surface area contributed by atoms with Crippen LogP contribution in [0, 0.1) is 0 Å². The molecular formula is C22H24N4O3. The fourth-order valence-corrected chi connectivity index (χ4v) is 3.68. The van der Waals surface area contributed by atoms with Crippen LogP contribution in [0.5, 0.6) is 5.75 Å². The number of aromatic nitrogens is 2. The minimum absolute atomic E-state index is 0.154. The van der Waals surface area contributed by atoms with Crippen LogP contribution >= 0.6 is 0 Å². The van der Waals surface area contributed by atoms with Crippen molar-refractivity contribution in [2.75, 3.05) is 19.7 Å². The summed E-state index contributed by atoms with van der Waals surface area (Å²) in [6.07, 6.45) is 1.48. The van der Waals surface area contributed by atoms with Gasteiger partial charge in [0.05, 0.1) is 23.8 Å². The molecule has 1 amide bonds. The second-order valence-electron chi connectivity index (χ2n) is 7.22. The van der Waals surface area contributed by atoms with E-state index in [0.717, 1.165) is 13.0 Å². The summed E-state index contributed by atoms with van der Waals surface area (Å²) in [6.45, 7) is 3.40. The van der Waals surface area contributed by atoms with Crippen molar-refractivity contribution in [1.82, 2.24) is 14.5 Å². The Hall–Kier alpha value is -3.19. The summed E-state index contributed by atoms with van der Waals surface area (Å²) >= 11 is 0. The van der Waals surface area contributed by atoms with Crippen molar-refractivity contribution in [3.05, 3.63) is 64.7 Å². The summed E-state index contributed by atoms with van der Waals surface area (Å²) < 4.78 is 7.47. The number of carbonyl (C=O) groups is 1. The Morgan fingerprint density at radius 2 is 1.93 bits per heavy atom. The van der Waals surface area contributed by atoms with Crippen LogP contribution in [0.3, 0.4) is 0 Å². The molecular weight excluding hydrogens is 368 g/mol. The average molecular weight is 392 g/mol. The van der Waals surface area contributed by atoms with Crippen molar-refractivity contribution in [3.63, 3.8) is 0 Å². The number of benzene rings is 2. The van der Waals surface area contributed by atoms with Gasteiger partial charge in [-0.2, -0.15) is 0 Å². The second kappa shape index (κ2) is 8.05. The predicted molar refractivity (Wildman–Crippen MR) is 111 cm³/mol. The number of nitrogens with zero attached hydrogens (tertiary/aromatic N) is 3. The van der Waals surface area contributed by atoms with Crippen molar-refractivity contribution in [2.24, 2.45) is 5.73 Å². The Labute approximate surface area is 168 Å². The zero-order chi connectivity index (χ0) is 20.4. The first kappa shape index (κ1) is 19.1. The molecule has 4 rings (SSSR count). The Balaban J connectivity index is 1.75. The van der Waals surface area contributed by atoms with Crippen LogP contribution < -0.4 is 16.0 Å². The smallest absolute Gasteiger partial charge is 0.269 e. The standard InChI is InChI=1S/C22H24N4O3/c1-15(23)21-24-17-9-5-10-18(29-14-13-25-12-6-11-19(25)27)20(17)22(28)26(21)16-7-3-2-4-8-16/h2-5,7-10,15H,6,11-14,23H2,1H3/t15-/m0/s1. The molecule has 0 bridgehead atoms. The number of ether oxygens (including phenoxy) is 1. The number of carbonyl (C=O) groups excluding carboxylic acids is 1. The molecule has 0 radical (unpaired) electrons. The number of para-hydroxylation sites is 1. The molecule has 0 saturated carbocycles. The topological polar surface area (TPSA) is 90.5 Å². The Morgan fingerprint density at radius 3 is 2.62 bits per heavy atom. The SMILES string of the molecule is C[C@H](N)c1nc2cccc(OCCN3CCCC3=O)c2c(=O)n1-c1ccccc1. The number of fused-ring (bicyclic) bond motifs is 1. The van der Waals surface area contributed by atoms with Gasteiger partial charge >= 0.3 is 0 Å². The molecule has 2 N–H and O–H groups in total. The van der Waals surface area contributed by atoms with E-state index >= 15 is 0 Å². The van der Waals surface area contributed by atoms with Crippen LogP contribution in [-0.4, -0.2) is 40.1 Å². The molecule has 29 heavy (non-hydrogen) atoms. The van der Waals surface area contributed by atoms with Gasteiger partial charge in [-0.05, 0) is 37.6 Å². The van der Waals surface area contributed by atoms with E-state index in [-0.39, 0.29) is 11.5 Å². The molecule has 1 aliphatic rings. The number of amides is 1. The van der Waals surface area contributed by atoms with E-state index in [0.29, 0.717) is 47.7 Å². The van der Waals surface area contributed by atoms with Crippen LogP contribution in [0.4, 0.5) is 0 Å². The quantitative estimate of drug-likeness (QED) is 0.696. The van der Waals surface area contributed by atoms with Crippen molar-refractivity contribution in [3.8, 4) is 11.4 Å². The van der Waals surface area contributed by atoms with Crippen LogP contribution in [-0.2, 0) is 4.79 Å². The van der Waals surface area contributed by atoms with Gasteiger partial charge in [-0.25, -0.2) is 4.98 Å². The molecule has 7 heteroatoms. The number of nitrogens with two attached hydrogens (primary N) is 1. The molecule has 3 aromatic rings. The predicted octanol–water partition coefficient (Wildman–Crippen LogP) is 2.41. The lowest BCUT2D eigenvalue weighted by atomic mass is 10.2. The van der Waals surface area contributed by atoms with Gasteiger partial charge in [0, 0.05) is 13.0 Å². The molecule has 2 aromatic carbocycles. The molecule has 1 fully saturated rings. The molecule has 0 unspecified atom stereocenters. The largest absolute Gasteiger partial charge is 0.491 e. The van der Waals surface area contributed by atoms with Gasteiger partial charge in [-0.1, -0.05) is 24.3 Å². The Morgan fingerprint density at radius 1 is 1.14 bits per heavy atom. The highest BCUT2D eigenvalue weighted by Gasteiger charge is 2.21. The van der Waals surface area contributed by atoms with E-state index in [4.69, 9.17) is 10.5 Å². The third kappa shape index (κ3) is 3.73. The van der Waals surface area contributed by atoms with Gasteiger partial charge in [0.15, 0.2) is 0 Å². The monoisotopic (exact) mass is 392 g/mol. The van der Waals surface area contributed by atoms with Crippen molar-refractivity contribution < 1.29 is 9.53 Å². The molecule has 1 saturated heterocycles. The highest BCUT2D eigenvalue weighted by atomic mass is 16.5. The van der Waals surface area contributed by atoms with Crippen molar-refractivity contribution >= 4 is 16.8 Å². The van der Waals surface area contributed by atoms with Crippen LogP contribution in [0.2, 0.25) is 0 Å². The highest BCUT2D eigenvalue weighted by Crippen LogP contribution is 2.24. The van der Waals surface area contributed by atoms with E-state index < -0.39 is 6.04 Å². The maximum Gasteiger partial charge on any atom is 0.269 e. The Kier molecular flexibility index (Phi) is 5.31. The zero-order valence-corrected chi connectivity index (χ0v) is 16.4. The van der Waals surface area contributed by atoms with E-state index in [1.54, 1.807) is 28.5 Å². The first-order valence-corrected chi connectivity index (χ1v) is 9.83. The number of hydrogen-bond acceptors (Lipinski definition) is 5. The summed E-state index contributed by atoms with van der Waals surface area (Å²) in [5.74, 6) is 1.11. The van der Waals surface area contributed by atoms with Crippen LogP contribution in [0.25, 0.3) is 16.6 Å². The molecule has 0 spiro atoms. The highest BCUT2D eigenvalue weighted by molar-refractivity contribution is 5.84. The minimum atomic E-state index is -0.418. The molecule has 1 aromatic heterocycles. The van der Waals surface area contributed by atoms with E-state index in [2.05, 4.69) is 4.98 Å². The summed E-state index contributed by atoms with van der Waals surface area (Å²) in [5.41, 5.74) is 7.15. The summed E-state index contributed by atoms with van der Waals surface area (Å²) in [4.78, 5) is 31.7. The molecule has 0 aliphatic carbocycles. The van der Waals surface area contributed by atoms with Gasteiger partial charge < -0.3 is 15.4 Å². The lowest BCUT2D eigenvalue weighted by Crippen LogP contribution is -2.30. The molecule has 1 aliphatic heterocycles. The normalized spacial score (nSPS) is 15.1. The summed E-state index contributed by atoms with van der Waals surface area (Å²) in [7, 11) is 0. The van der Waals surface area contributed by atoms with Gasteiger partial charge in [-0.3, -0.25) is 14.2 Å². The summed E-state index contributed by atoms with van der Waals surface area (Å²) in [6, 6.07) is 14.3. The number of rotatable bonds is 6. The second-order valence-corrected chi connectivity index (χ2v) is 7.22. The summed E-state index contributed by atoms with van der Waals surface area (Å²) in [5, 5.41) is 0.411. The number of hydrogen-bond donors (Lipinski definition) is 1. The number of likely N-dealkylation sites (tertiary alicyclic amines) is 1. The van der Waals surface area contributed by atoms with Crippen LogP contribution in [0.15, 0.2) is 53.3 Å². The minimum Gasteiger partial charge on any atom is -0.491 e. The van der Waals surface area contributed by atoms with E-state index in [9.17, 15) is 9.59 Å². The van der Waals surface area contributed by atoms with Crippen LogP contribution in [0.1, 0.15) is 31.6 Å². The lowest BCUT2D eigenvalue weighted by Gasteiger charge is -2.18. The van der Waals surface area contributed by atoms with Gasteiger partial charge in [0.2, 0.25) is 5.91 Å². The lowest BCUT2D eigenvalue weighted by molar-refractivity contribution is -0.128. The van der Waals surface area contributed by atoms with Gasteiger partial charge in [-0.15, -0.1) is 0 Å². The molecule has 7 nitrogen and oxygen atoms in total. The molecule has 150 valence electrons. The fraction of sp³-hybridized carbons (Fsp3) is 0.318. The average Bonchev–Trinajstić information content (AvgIpc) is 3.13. The van der Waals surface area contributed by atoms with Crippen molar-refractivity contribution in [1.29, 1.82) is 0 Å².